The first-order chi connectivity index (χ1) is 9.51. The monoisotopic (exact) mass is 281 g/mol. The Balaban J connectivity index is 2.72. The lowest BCUT2D eigenvalue weighted by molar-refractivity contribution is -0.141. The number of hydrogen-bond donors (Lipinski definition) is 1. The zero-order chi connectivity index (χ0) is 15.1. The Morgan fingerprint density at radius 3 is 2.35 bits per heavy atom. The molecule has 0 aliphatic heterocycles. The third-order valence-electron chi connectivity index (χ3n) is 3.14. The predicted octanol–water partition coefficient (Wildman–Crippen LogP) is 2.31. The van der Waals surface area contributed by atoms with Gasteiger partial charge in [0.1, 0.15) is 0 Å². The molecule has 1 N–H and O–H groups in total. The molecule has 0 spiro atoms. The van der Waals surface area contributed by atoms with E-state index in [0.29, 0.717) is 17.9 Å². The molecule has 0 bridgehead atoms. The number of rotatable bonds is 7. The van der Waals surface area contributed by atoms with Crippen LogP contribution in [0, 0.1) is 0 Å². The lowest BCUT2D eigenvalue weighted by Crippen LogP contribution is -2.31. The Morgan fingerprint density at radius 1 is 1.15 bits per heavy atom. The molecular formula is C15H23NO4. The number of nitrogens with one attached hydrogen (secondary N) is 1. The second-order valence-corrected chi connectivity index (χ2v) is 4.68. The topological polar surface area (TPSA) is 56.8 Å². The number of benzene rings is 1. The van der Waals surface area contributed by atoms with Crippen LogP contribution in [0.15, 0.2) is 18.2 Å². The molecule has 5 heteroatoms. The minimum Gasteiger partial charge on any atom is -0.493 e. The Morgan fingerprint density at radius 2 is 1.80 bits per heavy atom. The summed E-state index contributed by atoms with van der Waals surface area (Å²) in [5, 5.41) is 3.35. The maximum absolute atomic E-state index is 11.2. The van der Waals surface area contributed by atoms with Crippen molar-refractivity contribution in [2.24, 2.45) is 0 Å². The molecular weight excluding hydrogens is 258 g/mol. The van der Waals surface area contributed by atoms with Gasteiger partial charge in [0, 0.05) is 12.1 Å². The molecule has 0 aliphatic carbocycles. The van der Waals surface area contributed by atoms with Crippen LogP contribution in [0.5, 0.6) is 11.5 Å². The zero-order valence-corrected chi connectivity index (χ0v) is 12.7. The van der Waals surface area contributed by atoms with Gasteiger partial charge in [-0.1, -0.05) is 6.07 Å². The molecule has 0 radical (unpaired) electrons. The van der Waals surface area contributed by atoms with E-state index in [0.717, 1.165) is 5.56 Å². The first-order valence-electron chi connectivity index (χ1n) is 6.56. The van der Waals surface area contributed by atoms with Crippen LogP contribution in [0.4, 0.5) is 0 Å². The summed E-state index contributed by atoms with van der Waals surface area (Å²) in [6.45, 7) is 3.99. The molecule has 0 heterocycles. The number of carbonyl (C=O) groups is 1. The maximum atomic E-state index is 11.2. The van der Waals surface area contributed by atoms with Crippen molar-refractivity contribution in [2.75, 3.05) is 21.3 Å². The summed E-state index contributed by atoms with van der Waals surface area (Å²) < 4.78 is 15.2. The molecule has 0 aromatic heterocycles. The number of methoxy groups -OCH3 is 3. The van der Waals surface area contributed by atoms with E-state index in [-0.39, 0.29) is 18.1 Å². The Labute approximate surface area is 120 Å². The quantitative estimate of drug-likeness (QED) is 0.777. The van der Waals surface area contributed by atoms with Crippen LogP contribution in [-0.2, 0) is 9.53 Å². The fourth-order valence-corrected chi connectivity index (χ4v) is 2.04. The molecule has 0 aliphatic rings. The first-order valence-corrected chi connectivity index (χ1v) is 6.56. The van der Waals surface area contributed by atoms with Crippen molar-refractivity contribution in [3.8, 4) is 11.5 Å². The van der Waals surface area contributed by atoms with Gasteiger partial charge >= 0.3 is 5.97 Å². The van der Waals surface area contributed by atoms with Gasteiger partial charge in [-0.3, -0.25) is 4.79 Å². The van der Waals surface area contributed by atoms with Crippen LogP contribution in [0.3, 0.4) is 0 Å². The molecule has 0 amide bonds. The fourth-order valence-electron chi connectivity index (χ4n) is 2.04. The fraction of sp³-hybridized carbons (Fsp3) is 0.533. The average molecular weight is 281 g/mol. The van der Waals surface area contributed by atoms with Crippen LogP contribution in [0.25, 0.3) is 0 Å². The minimum absolute atomic E-state index is 0.0329. The lowest BCUT2D eigenvalue weighted by atomic mass is 10.1. The number of carbonyl (C=O) groups excluding carboxylic acids is 1. The predicted molar refractivity (Wildman–Crippen MR) is 77.2 cm³/mol. The van der Waals surface area contributed by atoms with Crippen molar-refractivity contribution in [3.05, 3.63) is 23.8 Å². The van der Waals surface area contributed by atoms with Crippen LogP contribution in [0.2, 0.25) is 0 Å². The van der Waals surface area contributed by atoms with Gasteiger partial charge in [-0.05, 0) is 31.5 Å². The second kappa shape index (κ2) is 7.75. The molecule has 0 saturated carbocycles. The van der Waals surface area contributed by atoms with E-state index in [2.05, 4.69) is 10.1 Å². The van der Waals surface area contributed by atoms with Crippen LogP contribution in [-0.4, -0.2) is 33.3 Å². The molecule has 1 rings (SSSR count). The smallest absolute Gasteiger partial charge is 0.307 e. The van der Waals surface area contributed by atoms with E-state index >= 15 is 0 Å². The SMILES string of the molecule is COC(=O)CC(C)NC(C)c1ccc(OC)c(OC)c1. The standard InChI is InChI=1S/C15H23NO4/c1-10(8-15(17)20-5)16-11(2)12-6-7-13(18-3)14(9-12)19-4/h6-7,9-11,16H,8H2,1-5H3. The van der Waals surface area contributed by atoms with Gasteiger partial charge < -0.3 is 19.5 Å². The van der Waals surface area contributed by atoms with Crippen LogP contribution >= 0.6 is 0 Å². The summed E-state index contributed by atoms with van der Waals surface area (Å²) in [5.74, 6) is 1.18. The van der Waals surface area contributed by atoms with Gasteiger partial charge in [-0.15, -0.1) is 0 Å². The van der Waals surface area contributed by atoms with Gasteiger partial charge in [0.15, 0.2) is 11.5 Å². The molecule has 20 heavy (non-hydrogen) atoms. The first kappa shape index (κ1) is 16.3. The summed E-state index contributed by atoms with van der Waals surface area (Å²) in [7, 11) is 4.62. The molecule has 1 aromatic carbocycles. The minimum atomic E-state index is -0.218. The highest BCUT2D eigenvalue weighted by atomic mass is 16.5. The summed E-state index contributed by atoms with van der Waals surface area (Å²) in [5.41, 5.74) is 1.07. The summed E-state index contributed by atoms with van der Waals surface area (Å²) >= 11 is 0. The highest BCUT2D eigenvalue weighted by molar-refractivity contribution is 5.69. The molecule has 2 atom stereocenters. The second-order valence-electron chi connectivity index (χ2n) is 4.68. The lowest BCUT2D eigenvalue weighted by Gasteiger charge is -2.20. The summed E-state index contributed by atoms with van der Waals surface area (Å²) in [6.07, 6.45) is 0.341. The van der Waals surface area contributed by atoms with E-state index in [1.807, 2.05) is 32.0 Å². The molecule has 2 unspecified atom stereocenters. The van der Waals surface area contributed by atoms with Gasteiger partial charge in [0.25, 0.3) is 0 Å². The molecule has 1 aromatic rings. The van der Waals surface area contributed by atoms with E-state index in [1.54, 1.807) is 14.2 Å². The third-order valence-corrected chi connectivity index (χ3v) is 3.14. The summed E-state index contributed by atoms with van der Waals surface area (Å²) in [4.78, 5) is 11.2. The van der Waals surface area contributed by atoms with Gasteiger partial charge in [0.05, 0.1) is 27.8 Å². The Bertz CT molecular complexity index is 447. The van der Waals surface area contributed by atoms with Gasteiger partial charge in [-0.2, -0.15) is 0 Å². The molecule has 0 saturated heterocycles. The van der Waals surface area contributed by atoms with Crippen molar-refractivity contribution in [3.63, 3.8) is 0 Å². The van der Waals surface area contributed by atoms with E-state index in [9.17, 15) is 4.79 Å². The van der Waals surface area contributed by atoms with Crippen LogP contribution < -0.4 is 14.8 Å². The highest BCUT2D eigenvalue weighted by Crippen LogP contribution is 2.30. The van der Waals surface area contributed by atoms with E-state index in [1.165, 1.54) is 7.11 Å². The zero-order valence-electron chi connectivity index (χ0n) is 12.7. The van der Waals surface area contributed by atoms with E-state index < -0.39 is 0 Å². The largest absolute Gasteiger partial charge is 0.493 e. The number of hydrogen-bond acceptors (Lipinski definition) is 5. The third kappa shape index (κ3) is 4.42. The average Bonchev–Trinajstić information content (AvgIpc) is 2.45. The van der Waals surface area contributed by atoms with Crippen molar-refractivity contribution in [1.29, 1.82) is 0 Å². The van der Waals surface area contributed by atoms with Crippen molar-refractivity contribution >= 4 is 5.97 Å². The highest BCUT2D eigenvalue weighted by Gasteiger charge is 2.14. The Hall–Kier alpha value is -1.75. The van der Waals surface area contributed by atoms with Crippen molar-refractivity contribution in [2.45, 2.75) is 32.4 Å². The van der Waals surface area contributed by atoms with E-state index in [4.69, 9.17) is 9.47 Å². The molecule has 112 valence electrons. The summed E-state index contributed by atoms with van der Waals surface area (Å²) in [6, 6.07) is 5.91. The van der Waals surface area contributed by atoms with Crippen molar-refractivity contribution in [1.82, 2.24) is 5.32 Å². The number of ether oxygens (including phenoxy) is 3. The van der Waals surface area contributed by atoms with Crippen LogP contribution in [0.1, 0.15) is 31.9 Å². The Kier molecular flexibility index (Phi) is 6.31. The molecule has 0 fully saturated rings. The molecule has 5 nitrogen and oxygen atoms in total. The number of esters is 1. The maximum Gasteiger partial charge on any atom is 0.307 e. The van der Waals surface area contributed by atoms with Crippen molar-refractivity contribution < 1.29 is 19.0 Å². The van der Waals surface area contributed by atoms with Gasteiger partial charge in [0.2, 0.25) is 0 Å². The van der Waals surface area contributed by atoms with Gasteiger partial charge in [-0.25, -0.2) is 0 Å². The normalized spacial score (nSPS) is 13.4.